The number of ketones is 1. The molecule has 1 aromatic rings. The van der Waals surface area contributed by atoms with Crippen LogP contribution in [-0.2, 0) is 14.6 Å². The van der Waals surface area contributed by atoms with Crippen LogP contribution < -0.4 is 4.74 Å². The summed E-state index contributed by atoms with van der Waals surface area (Å²) in [5.74, 6) is 0.464. The van der Waals surface area contributed by atoms with Crippen LogP contribution in [0.2, 0.25) is 0 Å². The molecule has 2 rings (SSSR count). The Morgan fingerprint density at radius 1 is 1.08 bits per heavy atom. The van der Waals surface area contributed by atoms with E-state index in [1.165, 1.54) is 0 Å². The lowest BCUT2D eigenvalue weighted by atomic mass is 10.1. The van der Waals surface area contributed by atoms with Crippen LogP contribution in [0, 0.1) is 0 Å². The standard InChI is InChI=1S/C17H24N2O5S/c1-24-15-5-3-14(4-6-15)16(20)13-18-8-10-19(11-9-18)17(21)7-12-25(2,22)23/h3-6H,7-13H2,1-2H3. The largest absolute Gasteiger partial charge is 0.497 e. The molecule has 7 nitrogen and oxygen atoms in total. The smallest absolute Gasteiger partial charge is 0.223 e. The van der Waals surface area contributed by atoms with Gasteiger partial charge in [0.15, 0.2) is 5.78 Å². The van der Waals surface area contributed by atoms with Crippen LogP contribution in [0.3, 0.4) is 0 Å². The molecule has 1 aliphatic rings. The number of sulfone groups is 1. The van der Waals surface area contributed by atoms with Gasteiger partial charge in [-0.2, -0.15) is 0 Å². The Labute approximate surface area is 148 Å². The minimum absolute atomic E-state index is 0.0175. The van der Waals surface area contributed by atoms with E-state index in [1.807, 2.05) is 4.90 Å². The van der Waals surface area contributed by atoms with Crippen molar-refractivity contribution in [2.75, 3.05) is 51.8 Å². The highest BCUT2D eigenvalue weighted by Gasteiger charge is 2.23. The molecule has 1 saturated heterocycles. The first-order valence-corrected chi connectivity index (χ1v) is 10.2. The molecule has 138 valence electrons. The second-order valence-electron chi connectivity index (χ2n) is 6.19. The van der Waals surface area contributed by atoms with Crippen molar-refractivity contribution in [1.82, 2.24) is 9.80 Å². The number of methoxy groups -OCH3 is 1. The summed E-state index contributed by atoms with van der Waals surface area (Å²) in [6, 6.07) is 7.00. The molecule has 0 spiro atoms. The van der Waals surface area contributed by atoms with Gasteiger partial charge in [0.2, 0.25) is 5.91 Å². The highest BCUT2D eigenvalue weighted by molar-refractivity contribution is 7.90. The van der Waals surface area contributed by atoms with Gasteiger partial charge in [-0.3, -0.25) is 14.5 Å². The van der Waals surface area contributed by atoms with Crippen LogP contribution in [0.15, 0.2) is 24.3 Å². The molecule has 0 unspecified atom stereocenters. The first-order valence-electron chi connectivity index (χ1n) is 8.13. The lowest BCUT2D eigenvalue weighted by Gasteiger charge is -2.34. The summed E-state index contributed by atoms with van der Waals surface area (Å²) in [5.41, 5.74) is 0.632. The fourth-order valence-electron chi connectivity index (χ4n) is 2.66. The van der Waals surface area contributed by atoms with Gasteiger partial charge >= 0.3 is 0 Å². The minimum Gasteiger partial charge on any atom is -0.497 e. The van der Waals surface area contributed by atoms with E-state index in [0.29, 0.717) is 44.0 Å². The van der Waals surface area contributed by atoms with Crippen molar-refractivity contribution < 1.29 is 22.7 Å². The van der Waals surface area contributed by atoms with E-state index in [-0.39, 0.29) is 23.9 Å². The van der Waals surface area contributed by atoms with E-state index in [1.54, 1.807) is 36.3 Å². The lowest BCUT2D eigenvalue weighted by molar-refractivity contribution is -0.132. The molecule has 1 amide bonds. The maximum atomic E-state index is 12.3. The van der Waals surface area contributed by atoms with Crippen molar-refractivity contribution in [2.45, 2.75) is 6.42 Å². The summed E-state index contributed by atoms with van der Waals surface area (Å²) < 4.78 is 27.4. The number of nitrogens with zero attached hydrogens (tertiary/aromatic N) is 2. The Morgan fingerprint density at radius 2 is 1.68 bits per heavy atom. The van der Waals surface area contributed by atoms with Gasteiger partial charge in [-0.05, 0) is 24.3 Å². The number of Topliss-reactive ketones (excluding diaryl/α,β-unsaturated/α-hetero) is 1. The van der Waals surface area contributed by atoms with E-state index >= 15 is 0 Å². The maximum Gasteiger partial charge on any atom is 0.223 e. The Kier molecular flexibility index (Phi) is 6.55. The van der Waals surface area contributed by atoms with Gasteiger partial charge in [0.25, 0.3) is 0 Å². The molecule has 1 heterocycles. The van der Waals surface area contributed by atoms with Crippen molar-refractivity contribution >= 4 is 21.5 Å². The zero-order valence-corrected chi connectivity index (χ0v) is 15.4. The topological polar surface area (TPSA) is 84.0 Å². The third kappa shape index (κ3) is 6.13. The van der Waals surface area contributed by atoms with Gasteiger partial charge in [0.1, 0.15) is 15.6 Å². The van der Waals surface area contributed by atoms with Gasteiger partial charge in [0.05, 0.1) is 19.4 Å². The Morgan fingerprint density at radius 3 is 2.20 bits per heavy atom. The number of rotatable bonds is 7. The van der Waals surface area contributed by atoms with Crippen LogP contribution >= 0.6 is 0 Å². The molecule has 1 fully saturated rings. The predicted molar refractivity (Wildman–Crippen MR) is 94.7 cm³/mol. The fraction of sp³-hybridized carbons (Fsp3) is 0.529. The van der Waals surface area contributed by atoms with Crippen molar-refractivity contribution in [2.24, 2.45) is 0 Å². The maximum absolute atomic E-state index is 12.3. The molecule has 0 atom stereocenters. The second kappa shape index (κ2) is 8.44. The molecular formula is C17H24N2O5S. The summed E-state index contributed by atoms with van der Waals surface area (Å²) in [4.78, 5) is 28.0. The zero-order chi connectivity index (χ0) is 18.4. The van der Waals surface area contributed by atoms with E-state index in [2.05, 4.69) is 0 Å². The number of piperazine rings is 1. The highest BCUT2D eigenvalue weighted by atomic mass is 32.2. The summed E-state index contributed by atoms with van der Waals surface area (Å²) in [5, 5.41) is 0. The lowest BCUT2D eigenvalue weighted by Crippen LogP contribution is -2.50. The number of ether oxygens (including phenoxy) is 1. The summed E-state index contributed by atoms with van der Waals surface area (Å²) in [6.07, 6.45) is 1.15. The SMILES string of the molecule is COc1ccc(C(=O)CN2CCN(C(=O)CCS(C)(=O)=O)CC2)cc1. The van der Waals surface area contributed by atoms with E-state index in [9.17, 15) is 18.0 Å². The number of carbonyl (C=O) groups excluding carboxylic acids is 2. The Bertz CT molecular complexity index is 707. The molecule has 8 heteroatoms. The van der Waals surface area contributed by atoms with Crippen LogP contribution in [0.5, 0.6) is 5.75 Å². The zero-order valence-electron chi connectivity index (χ0n) is 14.6. The average molecular weight is 368 g/mol. The van der Waals surface area contributed by atoms with Crippen molar-refractivity contribution in [3.8, 4) is 5.75 Å². The number of hydrogen-bond acceptors (Lipinski definition) is 6. The predicted octanol–water partition coefficient (Wildman–Crippen LogP) is 0.457. The van der Waals surface area contributed by atoms with Crippen LogP contribution in [0.4, 0.5) is 0 Å². The molecule has 0 N–H and O–H groups in total. The number of hydrogen-bond donors (Lipinski definition) is 0. The van der Waals surface area contributed by atoms with Crippen LogP contribution in [-0.4, -0.2) is 81.8 Å². The van der Waals surface area contributed by atoms with E-state index in [0.717, 1.165) is 6.26 Å². The third-order valence-corrected chi connectivity index (χ3v) is 5.14. The molecule has 1 aromatic carbocycles. The molecule has 0 aliphatic carbocycles. The number of carbonyl (C=O) groups is 2. The monoisotopic (exact) mass is 368 g/mol. The Balaban J connectivity index is 1.79. The van der Waals surface area contributed by atoms with Crippen molar-refractivity contribution in [3.05, 3.63) is 29.8 Å². The third-order valence-electron chi connectivity index (χ3n) is 4.19. The molecule has 25 heavy (non-hydrogen) atoms. The van der Waals surface area contributed by atoms with Gasteiger partial charge in [0, 0.05) is 44.4 Å². The summed E-state index contributed by atoms with van der Waals surface area (Å²) in [6.45, 7) is 2.54. The molecule has 0 aromatic heterocycles. The molecule has 1 aliphatic heterocycles. The van der Waals surface area contributed by atoms with Crippen molar-refractivity contribution in [3.63, 3.8) is 0 Å². The second-order valence-corrected chi connectivity index (χ2v) is 8.45. The first-order chi connectivity index (χ1) is 11.8. The summed E-state index contributed by atoms with van der Waals surface area (Å²) in [7, 11) is -1.55. The van der Waals surface area contributed by atoms with Crippen LogP contribution in [0.1, 0.15) is 16.8 Å². The normalized spacial score (nSPS) is 15.8. The number of amides is 1. The van der Waals surface area contributed by atoms with E-state index in [4.69, 9.17) is 4.74 Å². The van der Waals surface area contributed by atoms with Gasteiger partial charge < -0.3 is 9.64 Å². The molecule has 0 bridgehead atoms. The van der Waals surface area contributed by atoms with Crippen molar-refractivity contribution in [1.29, 1.82) is 0 Å². The molecular weight excluding hydrogens is 344 g/mol. The minimum atomic E-state index is -3.13. The average Bonchev–Trinajstić information content (AvgIpc) is 2.59. The van der Waals surface area contributed by atoms with E-state index < -0.39 is 9.84 Å². The fourth-order valence-corrected chi connectivity index (χ4v) is 3.20. The first kappa shape index (κ1) is 19.4. The highest BCUT2D eigenvalue weighted by Crippen LogP contribution is 2.13. The van der Waals surface area contributed by atoms with Crippen LogP contribution in [0.25, 0.3) is 0 Å². The van der Waals surface area contributed by atoms with Gasteiger partial charge in [-0.15, -0.1) is 0 Å². The quantitative estimate of drug-likeness (QED) is 0.650. The number of benzene rings is 1. The molecule has 0 radical (unpaired) electrons. The Hall–Kier alpha value is -1.93. The molecule has 0 saturated carbocycles. The summed E-state index contributed by atoms with van der Waals surface area (Å²) >= 11 is 0. The van der Waals surface area contributed by atoms with Gasteiger partial charge in [-0.1, -0.05) is 0 Å². The van der Waals surface area contributed by atoms with Gasteiger partial charge in [-0.25, -0.2) is 8.42 Å².